The number of amides is 1. The molecule has 0 fully saturated rings. The highest BCUT2D eigenvalue weighted by molar-refractivity contribution is 5.75. The van der Waals surface area contributed by atoms with E-state index in [9.17, 15) is 4.79 Å². The Kier molecular flexibility index (Phi) is 3.61. The summed E-state index contributed by atoms with van der Waals surface area (Å²) in [6, 6.07) is 0. The van der Waals surface area contributed by atoms with Crippen LogP contribution in [0.1, 0.15) is 25.6 Å². The van der Waals surface area contributed by atoms with E-state index in [1.165, 1.54) is 0 Å². The van der Waals surface area contributed by atoms with Crippen molar-refractivity contribution in [2.24, 2.45) is 11.5 Å². The standard InChI is InChI=1S/C9H17N5O2/c1-9(2,11)8-12-7(16-13-8)5-14(3)4-6(10)15/h4-5,11H2,1-3H3,(H2,10,15). The van der Waals surface area contributed by atoms with Crippen LogP contribution in [-0.2, 0) is 16.9 Å². The molecule has 0 aliphatic carbocycles. The van der Waals surface area contributed by atoms with Crippen LogP contribution in [0.25, 0.3) is 0 Å². The van der Waals surface area contributed by atoms with Crippen molar-refractivity contribution in [3.8, 4) is 0 Å². The van der Waals surface area contributed by atoms with Crippen molar-refractivity contribution in [1.82, 2.24) is 15.0 Å². The largest absolute Gasteiger partial charge is 0.369 e. The van der Waals surface area contributed by atoms with Crippen LogP contribution in [0.3, 0.4) is 0 Å². The lowest BCUT2D eigenvalue weighted by molar-refractivity contribution is -0.119. The summed E-state index contributed by atoms with van der Waals surface area (Å²) < 4.78 is 5.01. The van der Waals surface area contributed by atoms with Gasteiger partial charge in [-0.05, 0) is 20.9 Å². The molecule has 1 aromatic heterocycles. The molecular weight excluding hydrogens is 210 g/mol. The maximum atomic E-state index is 10.7. The van der Waals surface area contributed by atoms with Crippen molar-refractivity contribution in [1.29, 1.82) is 0 Å². The van der Waals surface area contributed by atoms with E-state index in [2.05, 4.69) is 10.1 Å². The van der Waals surface area contributed by atoms with Gasteiger partial charge < -0.3 is 16.0 Å². The monoisotopic (exact) mass is 227 g/mol. The zero-order valence-electron chi connectivity index (χ0n) is 9.73. The number of nitrogens with two attached hydrogens (primary N) is 2. The average molecular weight is 227 g/mol. The first kappa shape index (κ1) is 12.6. The molecule has 7 nitrogen and oxygen atoms in total. The highest BCUT2D eigenvalue weighted by Gasteiger charge is 2.21. The van der Waals surface area contributed by atoms with E-state index in [0.717, 1.165) is 0 Å². The molecule has 1 rings (SSSR count). The van der Waals surface area contributed by atoms with Crippen molar-refractivity contribution in [3.05, 3.63) is 11.7 Å². The molecule has 0 atom stereocenters. The molecule has 0 aliphatic heterocycles. The summed E-state index contributed by atoms with van der Waals surface area (Å²) in [4.78, 5) is 16.5. The van der Waals surface area contributed by atoms with Crippen LogP contribution >= 0.6 is 0 Å². The first-order valence-electron chi connectivity index (χ1n) is 4.88. The molecule has 4 N–H and O–H groups in total. The van der Waals surface area contributed by atoms with E-state index in [1.54, 1.807) is 25.8 Å². The number of rotatable bonds is 5. The molecule has 0 saturated heterocycles. The Morgan fingerprint density at radius 3 is 2.62 bits per heavy atom. The molecule has 90 valence electrons. The molecule has 0 saturated carbocycles. The van der Waals surface area contributed by atoms with Gasteiger partial charge in [-0.2, -0.15) is 4.98 Å². The fourth-order valence-electron chi connectivity index (χ4n) is 1.13. The van der Waals surface area contributed by atoms with Crippen LogP contribution < -0.4 is 11.5 Å². The average Bonchev–Trinajstić information content (AvgIpc) is 2.49. The molecule has 7 heteroatoms. The second-order valence-corrected chi connectivity index (χ2v) is 4.37. The third kappa shape index (κ3) is 3.59. The van der Waals surface area contributed by atoms with Crippen LogP contribution in [-0.4, -0.2) is 34.5 Å². The maximum absolute atomic E-state index is 10.7. The molecule has 0 spiro atoms. The second-order valence-electron chi connectivity index (χ2n) is 4.37. The number of hydrogen-bond acceptors (Lipinski definition) is 6. The Morgan fingerprint density at radius 2 is 2.19 bits per heavy atom. The minimum absolute atomic E-state index is 0.143. The summed E-state index contributed by atoms with van der Waals surface area (Å²) in [5.74, 6) is 0.452. The van der Waals surface area contributed by atoms with Gasteiger partial charge in [0.1, 0.15) is 0 Å². The van der Waals surface area contributed by atoms with Gasteiger partial charge in [-0.15, -0.1) is 0 Å². The van der Waals surface area contributed by atoms with Gasteiger partial charge in [-0.3, -0.25) is 9.69 Å². The number of nitrogens with zero attached hydrogens (tertiary/aromatic N) is 3. The summed E-state index contributed by atoms with van der Waals surface area (Å²) in [6.07, 6.45) is 0. The van der Waals surface area contributed by atoms with Crippen molar-refractivity contribution >= 4 is 5.91 Å². The van der Waals surface area contributed by atoms with E-state index in [1.807, 2.05) is 0 Å². The fraction of sp³-hybridized carbons (Fsp3) is 0.667. The number of carbonyl (C=O) groups excluding carboxylic acids is 1. The summed E-state index contributed by atoms with van der Waals surface area (Å²) in [5, 5.41) is 3.77. The van der Waals surface area contributed by atoms with E-state index in [-0.39, 0.29) is 6.54 Å². The molecule has 1 heterocycles. The molecule has 0 aliphatic rings. The number of primary amides is 1. The molecule has 1 aromatic rings. The molecule has 0 radical (unpaired) electrons. The first-order chi connectivity index (χ1) is 7.29. The van der Waals surface area contributed by atoms with Crippen LogP contribution in [0.2, 0.25) is 0 Å². The van der Waals surface area contributed by atoms with Gasteiger partial charge in [-0.1, -0.05) is 5.16 Å². The molecule has 1 amide bonds. The van der Waals surface area contributed by atoms with E-state index < -0.39 is 11.4 Å². The van der Waals surface area contributed by atoms with Crippen LogP contribution in [0.5, 0.6) is 0 Å². The third-order valence-corrected chi connectivity index (χ3v) is 1.88. The van der Waals surface area contributed by atoms with Gasteiger partial charge in [0, 0.05) is 0 Å². The van der Waals surface area contributed by atoms with Crippen molar-refractivity contribution < 1.29 is 9.32 Å². The third-order valence-electron chi connectivity index (χ3n) is 1.88. The number of likely N-dealkylation sites (N-methyl/N-ethyl adjacent to an activating group) is 1. The van der Waals surface area contributed by atoms with Crippen LogP contribution in [0.4, 0.5) is 0 Å². The molecule has 16 heavy (non-hydrogen) atoms. The summed E-state index contributed by atoms with van der Waals surface area (Å²) in [5.41, 5.74) is 10.2. The highest BCUT2D eigenvalue weighted by atomic mass is 16.5. The lowest BCUT2D eigenvalue weighted by Crippen LogP contribution is -2.31. The second kappa shape index (κ2) is 4.58. The van der Waals surface area contributed by atoms with Gasteiger partial charge in [-0.25, -0.2) is 0 Å². The van der Waals surface area contributed by atoms with Gasteiger partial charge in [0.05, 0.1) is 18.6 Å². The fourth-order valence-corrected chi connectivity index (χ4v) is 1.13. The lowest BCUT2D eigenvalue weighted by Gasteiger charge is -2.12. The molecule has 0 bridgehead atoms. The van der Waals surface area contributed by atoms with Gasteiger partial charge >= 0.3 is 0 Å². The molecular formula is C9H17N5O2. The number of aromatic nitrogens is 2. The Labute approximate surface area is 93.8 Å². The quantitative estimate of drug-likeness (QED) is 0.679. The van der Waals surface area contributed by atoms with Gasteiger partial charge in [0.15, 0.2) is 5.82 Å². The minimum Gasteiger partial charge on any atom is -0.369 e. The van der Waals surface area contributed by atoms with Gasteiger partial charge in [0.2, 0.25) is 11.8 Å². The normalized spacial score (nSPS) is 12.1. The lowest BCUT2D eigenvalue weighted by atomic mass is 10.1. The van der Waals surface area contributed by atoms with Crippen molar-refractivity contribution in [2.45, 2.75) is 25.9 Å². The van der Waals surface area contributed by atoms with Gasteiger partial charge in [0.25, 0.3) is 0 Å². The predicted molar refractivity (Wildman–Crippen MR) is 57.0 cm³/mol. The zero-order valence-corrected chi connectivity index (χ0v) is 9.73. The highest BCUT2D eigenvalue weighted by Crippen LogP contribution is 2.12. The zero-order chi connectivity index (χ0) is 12.3. The smallest absolute Gasteiger partial charge is 0.240 e. The Hall–Kier alpha value is -1.47. The van der Waals surface area contributed by atoms with Crippen LogP contribution in [0, 0.1) is 0 Å². The maximum Gasteiger partial charge on any atom is 0.240 e. The van der Waals surface area contributed by atoms with E-state index >= 15 is 0 Å². The molecule has 0 aromatic carbocycles. The molecule has 0 unspecified atom stereocenters. The van der Waals surface area contributed by atoms with Crippen molar-refractivity contribution in [2.75, 3.05) is 13.6 Å². The van der Waals surface area contributed by atoms with Crippen molar-refractivity contribution in [3.63, 3.8) is 0 Å². The minimum atomic E-state index is -0.635. The SMILES string of the molecule is CN(CC(N)=O)Cc1nc(C(C)(C)N)no1. The number of hydrogen-bond donors (Lipinski definition) is 2. The predicted octanol–water partition coefficient (Wildman–Crippen LogP) is -0.819. The Morgan fingerprint density at radius 1 is 1.56 bits per heavy atom. The van der Waals surface area contributed by atoms with E-state index in [0.29, 0.717) is 18.3 Å². The summed E-state index contributed by atoms with van der Waals surface area (Å²) in [7, 11) is 1.74. The Balaban J connectivity index is 2.62. The van der Waals surface area contributed by atoms with Crippen LogP contribution in [0.15, 0.2) is 4.52 Å². The van der Waals surface area contributed by atoms with E-state index in [4.69, 9.17) is 16.0 Å². The number of carbonyl (C=O) groups is 1. The first-order valence-corrected chi connectivity index (χ1v) is 4.88. The Bertz CT molecular complexity index is 368. The summed E-state index contributed by atoms with van der Waals surface area (Å²) >= 11 is 0. The summed E-state index contributed by atoms with van der Waals surface area (Å²) in [6.45, 7) is 4.08. The topological polar surface area (TPSA) is 111 Å².